The van der Waals surface area contributed by atoms with Crippen LogP contribution >= 0.6 is 0 Å². The molecule has 11 heteroatoms. The number of nitrogens with one attached hydrogen (secondary N) is 1. The Kier molecular flexibility index (Phi) is 5.87. The van der Waals surface area contributed by atoms with Crippen LogP contribution in [0.4, 0.5) is 5.95 Å². The number of rotatable bonds is 8. The summed E-state index contributed by atoms with van der Waals surface area (Å²) in [5.74, 6) is -0.0384. The SMILES string of the molecule is C=CCOC[C@@H]1O[C@@H](C(OC)OC)[C@H](O)[C@H]1n1cnc2nc(N)[nH]c(=O)c21. The van der Waals surface area contributed by atoms with Gasteiger partial charge < -0.3 is 34.4 Å². The molecule has 0 aliphatic carbocycles. The summed E-state index contributed by atoms with van der Waals surface area (Å²) in [6.45, 7) is 4.07. The van der Waals surface area contributed by atoms with E-state index in [-0.39, 0.29) is 23.7 Å². The number of nitrogens with two attached hydrogens (primary N) is 1. The van der Waals surface area contributed by atoms with E-state index in [1.807, 2.05) is 0 Å². The van der Waals surface area contributed by atoms with Crippen LogP contribution < -0.4 is 11.3 Å². The van der Waals surface area contributed by atoms with Crippen LogP contribution in [0.1, 0.15) is 6.04 Å². The Bertz CT molecular complexity index is 847. The number of aliphatic hydroxyl groups is 1. The van der Waals surface area contributed by atoms with Crippen molar-refractivity contribution >= 4 is 17.1 Å². The molecule has 0 radical (unpaired) electrons. The summed E-state index contributed by atoms with van der Waals surface area (Å²) in [5.41, 5.74) is 5.45. The van der Waals surface area contributed by atoms with E-state index in [4.69, 9.17) is 24.7 Å². The van der Waals surface area contributed by atoms with Gasteiger partial charge in [-0.3, -0.25) is 9.78 Å². The van der Waals surface area contributed by atoms with E-state index >= 15 is 0 Å². The van der Waals surface area contributed by atoms with Crippen molar-refractivity contribution in [1.82, 2.24) is 19.5 Å². The molecule has 0 bridgehead atoms. The van der Waals surface area contributed by atoms with Crippen LogP contribution in [-0.2, 0) is 18.9 Å². The van der Waals surface area contributed by atoms with Gasteiger partial charge in [0, 0.05) is 14.2 Å². The van der Waals surface area contributed by atoms with Crippen LogP contribution in [0.2, 0.25) is 0 Å². The molecule has 0 amide bonds. The second kappa shape index (κ2) is 8.15. The summed E-state index contributed by atoms with van der Waals surface area (Å²) in [5, 5.41) is 10.9. The predicted octanol–water partition coefficient (Wildman–Crippen LogP) is -0.807. The lowest BCUT2D eigenvalue weighted by Gasteiger charge is -2.24. The van der Waals surface area contributed by atoms with Crippen LogP contribution in [0.15, 0.2) is 23.8 Å². The molecule has 1 fully saturated rings. The molecule has 4 atom stereocenters. The zero-order valence-corrected chi connectivity index (χ0v) is 15.1. The van der Waals surface area contributed by atoms with Gasteiger partial charge in [0.25, 0.3) is 5.56 Å². The van der Waals surface area contributed by atoms with Crippen molar-refractivity contribution in [3.8, 4) is 0 Å². The molecule has 3 heterocycles. The van der Waals surface area contributed by atoms with Crippen molar-refractivity contribution in [3.63, 3.8) is 0 Å². The third-order valence-corrected chi connectivity index (χ3v) is 4.43. The van der Waals surface area contributed by atoms with Gasteiger partial charge in [0.2, 0.25) is 5.95 Å². The van der Waals surface area contributed by atoms with Crippen LogP contribution in [0, 0.1) is 0 Å². The first kappa shape index (κ1) is 19.5. The minimum Gasteiger partial charge on any atom is -0.388 e. The molecular formula is C16H23N5O6. The maximum absolute atomic E-state index is 12.4. The topological polar surface area (TPSA) is 147 Å². The molecule has 3 rings (SSSR count). The molecule has 11 nitrogen and oxygen atoms in total. The minimum absolute atomic E-state index is 0.0384. The van der Waals surface area contributed by atoms with Crippen LogP contribution in [-0.4, -0.2) is 76.7 Å². The Hall–Kier alpha value is -2.31. The van der Waals surface area contributed by atoms with E-state index < -0.39 is 36.2 Å². The molecule has 0 unspecified atom stereocenters. The molecular weight excluding hydrogens is 358 g/mol. The first-order chi connectivity index (χ1) is 13.0. The molecule has 2 aromatic heterocycles. The molecule has 0 aromatic carbocycles. The lowest BCUT2D eigenvalue weighted by atomic mass is 10.0. The maximum Gasteiger partial charge on any atom is 0.278 e. The quantitative estimate of drug-likeness (QED) is 0.303. The number of nitrogen functional groups attached to an aromatic ring is 1. The van der Waals surface area contributed by atoms with Gasteiger partial charge in [-0.2, -0.15) is 4.98 Å². The zero-order valence-electron chi connectivity index (χ0n) is 15.1. The van der Waals surface area contributed by atoms with Crippen molar-refractivity contribution in [2.45, 2.75) is 30.6 Å². The number of hydrogen-bond acceptors (Lipinski definition) is 9. The summed E-state index contributed by atoms with van der Waals surface area (Å²) in [6.07, 6.45) is -0.209. The third-order valence-electron chi connectivity index (χ3n) is 4.43. The minimum atomic E-state index is -1.05. The fourth-order valence-electron chi connectivity index (χ4n) is 3.31. The first-order valence-corrected chi connectivity index (χ1v) is 8.31. The monoisotopic (exact) mass is 381 g/mol. The van der Waals surface area contributed by atoms with Gasteiger partial charge in [-0.25, -0.2) is 4.98 Å². The third kappa shape index (κ3) is 3.59. The Balaban J connectivity index is 2.01. The molecule has 148 valence electrons. The molecule has 4 N–H and O–H groups in total. The highest BCUT2D eigenvalue weighted by atomic mass is 16.7. The predicted molar refractivity (Wildman–Crippen MR) is 95.1 cm³/mol. The lowest BCUT2D eigenvalue weighted by Crippen LogP contribution is -2.39. The molecule has 1 aliphatic heterocycles. The molecule has 2 aromatic rings. The average molecular weight is 381 g/mol. The van der Waals surface area contributed by atoms with E-state index in [2.05, 4.69) is 21.5 Å². The number of H-pyrrole nitrogens is 1. The van der Waals surface area contributed by atoms with Gasteiger partial charge >= 0.3 is 0 Å². The smallest absolute Gasteiger partial charge is 0.278 e. The molecule has 1 saturated heterocycles. The van der Waals surface area contributed by atoms with Gasteiger partial charge in [0.15, 0.2) is 17.5 Å². The summed E-state index contributed by atoms with van der Waals surface area (Å²) >= 11 is 0. The number of anilines is 1. The second-order valence-electron chi connectivity index (χ2n) is 6.06. The normalized spacial score (nSPS) is 25.5. The highest BCUT2D eigenvalue weighted by Gasteiger charge is 2.49. The van der Waals surface area contributed by atoms with Gasteiger partial charge in [-0.15, -0.1) is 6.58 Å². The van der Waals surface area contributed by atoms with Crippen molar-refractivity contribution in [3.05, 3.63) is 29.3 Å². The fourth-order valence-corrected chi connectivity index (χ4v) is 3.31. The molecule has 0 spiro atoms. The van der Waals surface area contributed by atoms with Crippen LogP contribution in [0.5, 0.6) is 0 Å². The van der Waals surface area contributed by atoms with E-state index in [9.17, 15) is 9.90 Å². The van der Waals surface area contributed by atoms with E-state index in [0.29, 0.717) is 6.61 Å². The van der Waals surface area contributed by atoms with Gasteiger partial charge in [0.1, 0.15) is 18.3 Å². The Morgan fingerprint density at radius 1 is 1.52 bits per heavy atom. The number of aromatic amines is 1. The Morgan fingerprint density at radius 2 is 2.26 bits per heavy atom. The number of fused-ring (bicyclic) bond motifs is 1. The van der Waals surface area contributed by atoms with Crippen molar-refractivity contribution < 1.29 is 24.1 Å². The van der Waals surface area contributed by atoms with Gasteiger partial charge in [-0.1, -0.05) is 6.08 Å². The number of aromatic nitrogens is 4. The number of ether oxygens (including phenoxy) is 4. The van der Waals surface area contributed by atoms with Crippen molar-refractivity contribution in [2.24, 2.45) is 0 Å². The standard InChI is InChI=1S/C16H23N5O6/c1-4-5-26-6-8-9(11(22)12(27-8)15(24-2)25-3)21-7-18-13-10(21)14(23)20-16(17)19-13/h4,7-9,11-12,15,22H,1,5-6H2,2-3H3,(H3,17,19,20,23)/t8-,9-,11+,12+/m0/s1. The highest BCUT2D eigenvalue weighted by Crippen LogP contribution is 2.35. The number of aliphatic hydroxyl groups excluding tert-OH is 1. The maximum atomic E-state index is 12.4. The largest absolute Gasteiger partial charge is 0.388 e. The first-order valence-electron chi connectivity index (χ1n) is 8.31. The summed E-state index contributed by atoms with van der Waals surface area (Å²) in [6, 6.07) is -0.677. The number of nitrogens with zero attached hydrogens (tertiary/aromatic N) is 3. The van der Waals surface area contributed by atoms with Crippen LogP contribution in [0.25, 0.3) is 11.2 Å². The number of methoxy groups -OCH3 is 2. The van der Waals surface area contributed by atoms with Crippen molar-refractivity contribution in [1.29, 1.82) is 0 Å². The summed E-state index contributed by atoms with van der Waals surface area (Å²) in [7, 11) is 2.90. The Labute approximate surface area is 154 Å². The van der Waals surface area contributed by atoms with Crippen LogP contribution in [0.3, 0.4) is 0 Å². The van der Waals surface area contributed by atoms with Gasteiger partial charge in [-0.05, 0) is 0 Å². The number of imidazole rings is 1. The lowest BCUT2D eigenvalue weighted by molar-refractivity contribution is -0.194. The van der Waals surface area contributed by atoms with E-state index in [1.54, 1.807) is 6.08 Å². The second-order valence-corrected chi connectivity index (χ2v) is 6.06. The Morgan fingerprint density at radius 3 is 2.93 bits per heavy atom. The highest BCUT2D eigenvalue weighted by molar-refractivity contribution is 5.70. The summed E-state index contributed by atoms with van der Waals surface area (Å²) < 4.78 is 23.4. The number of hydrogen-bond donors (Lipinski definition) is 3. The van der Waals surface area contributed by atoms with E-state index in [1.165, 1.54) is 25.1 Å². The van der Waals surface area contributed by atoms with Crippen molar-refractivity contribution in [2.75, 3.05) is 33.2 Å². The van der Waals surface area contributed by atoms with Gasteiger partial charge in [0.05, 0.1) is 25.6 Å². The summed E-state index contributed by atoms with van der Waals surface area (Å²) in [4.78, 5) is 23.0. The fraction of sp³-hybridized carbons (Fsp3) is 0.562. The molecule has 27 heavy (non-hydrogen) atoms. The average Bonchev–Trinajstić information content (AvgIpc) is 3.18. The zero-order chi connectivity index (χ0) is 19.6. The molecule has 0 saturated carbocycles. The molecule has 1 aliphatic rings. The van der Waals surface area contributed by atoms with E-state index in [0.717, 1.165) is 0 Å².